The first-order valence-electron chi connectivity index (χ1n) is 9.11. The summed E-state index contributed by atoms with van der Waals surface area (Å²) in [6.45, 7) is 0. The Kier molecular flexibility index (Phi) is 5.32. The molecule has 1 aliphatic carbocycles. The first-order chi connectivity index (χ1) is 13.7. The minimum Gasteiger partial charge on any atom is -0.489 e. The number of benzene rings is 2. The number of aliphatic hydroxyl groups is 1. The summed E-state index contributed by atoms with van der Waals surface area (Å²) in [5, 5.41) is 11.2. The van der Waals surface area contributed by atoms with Crippen LogP contribution in [0.5, 0.6) is 5.75 Å². The highest BCUT2D eigenvalue weighted by Crippen LogP contribution is 2.34. The average Bonchev–Trinajstić information content (AvgIpc) is 3.37. The third-order valence-corrected chi connectivity index (χ3v) is 6.66. The normalized spacial score (nSPS) is 15.4. The van der Waals surface area contributed by atoms with Gasteiger partial charge in [0.15, 0.2) is 6.23 Å². The van der Waals surface area contributed by atoms with Gasteiger partial charge in [0.1, 0.15) is 22.0 Å². The summed E-state index contributed by atoms with van der Waals surface area (Å²) in [4.78, 5) is 1.90. The first kappa shape index (κ1) is 20.2. The molecule has 1 atom stereocenters. The summed E-state index contributed by atoms with van der Waals surface area (Å²) in [5.74, 6) is 0.380. The number of rotatable bonds is 7. The maximum Gasteiger partial charge on any atom is 0.246 e. The molecule has 4 rings (SSSR count). The zero-order chi connectivity index (χ0) is 20.8. The van der Waals surface area contributed by atoms with Gasteiger partial charge in [-0.1, -0.05) is 12.1 Å². The van der Waals surface area contributed by atoms with E-state index < -0.39 is 16.3 Å². The Balaban J connectivity index is 1.61. The Morgan fingerprint density at radius 1 is 1.24 bits per heavy atom. The molecule has 0 saturated heterocycles. The Hall–Kier alpha value is -2.07. The molecule has 7 nitrogen and oxygen atoms in total. The van der Waals surface area contributed by atoms with E-state index in [1.54, 1.807) is 24.3 Å². The Labute approximate surface area is 177 Å². The van der Waals surface area contributed by atoms with Gasteiger partial charge in [0.05, 0.1) is 11.8 Å². The second kappa shape index (κ2) is 7.64. The standard InChI is InChI=1S/C20H21BrN2O5S/c1-23(2)15-11-17-12(9-14(15)21)10-18(28-17)20(24)22-29(25,26)19-6-4-3-5-16(19)27-13-7-8-13/h3-6,9-11,13,20,22,24H,7-8H2,1-2H3. The highest BCUT2D eigenvalue weighted by molar-refractivity contribution is 9.10. The van der Waals surface area contributed by atoms with Gasteiger partial charge in [0.2, 0.25) is 10.0 Å². The van der Waals surface area contributed by atoms with Crippen LogP contribution < -0.4 is 14.4 Å². The van der Waals surface area contributed by atoms with Gasteiger partial charge >= 0.3 is 0 Å². The van der Waals surface area contributed by atoms with E-state index in [1.165, 1.54) is 6.07 Å². The predicted molar refractivity (Wildman–Crippen MR) is 114 cm³/mol. The number of anilines is 1. The number of fused-ring (bicyclic) bond motifs is 1. The molecule has 1 unspecified atom stereocenters. The van der Waals surface area contributed by atoms with Crippen LogP contribution in [0.15, 0.2) is 56.2 Å². The minimum atomic E-state index is -4.03. The monoisotopic (exact) mass is 480 g/mol. The maximum absolute atomic E-state index is 12.8. The van der Waals surface area contributed by atoms with E-state index in [0.29, 0.717) is 5.58 Å². The van der Waals surface area contributed by atoms with E-state index in [-0.39, 0.29) is 22.5 Å². The van der Waals surface area contributed by atoms with E-state index >= 15 is 0 Å². The van der Waals surface area contributed by atoms with Gasteiger partial charge in [-0.25, -0.2) is 8.42 Å². The van der Waals surface area contributed by atoms with Crippen molar-refractivity contribution in [2.24, 2.45) is 0 Å². The fraction of sp³-hybridized carbons (Fsp3) is 0.300. The maximum atomic E-state index is 12.8. The second-order valence-electron chi connectivity index (χ2n) is 7.17. The van der Waals surface area contributed by atoms with Crippen molar-refractivity contribution in [3.8, 4) is 5.75 Å². The van der Waals surface area contributed by atoms with Gasteiger partial charge in [-0.3, -0.25) is 0 Å². The number of nitrogens with zero attached hydrogens (tertiary/aromatic N) is 1. The number of ether oxygens (including phenoxy) is 1. The van der Waals surface area contributed by atoms with Crippen molar-refractivity contribution in [1.82, 2.24) is 4.72 Å². The van der Waals surface area contributed by atoms with Crippen molar-refractivity contribution in [3.63, 3.8) is 0 Å². The van der Waals surface area contributed by atoms with Crippen LogP contribution in [0.4, 0.5) is 5.69 Å². The zero-order valence-corrected chi connectivity index (χ0v) is 18.3. The summed E-state index contributed by atoms with van der Waals surface area (Å²) in [6, 6.07) is 11.7. The van der Waals surface area contributed by atoms with Crippen molar-refractivity contribution in [3.05, 3.63) is 52.7 Å². The largest absolute Gasteiger partial charge is 0.489 e. The van der Waals surface area contributed by atoms with Crippen LogP contribution in [0.3, 0.4) is 0 Å². The van der Waals surface area contributed by atoms with Crippen LogP contribution >= 0.6 is 15.9 Å². The molecule has 29 heavy (non-hydrogen) atoms. The summed E-state index contributed by atoms with van der Waals surface area (Å²) in [6.07, 6.45) is 0.334. The van der Waals surface area contributed by atoms with Gasteiger partial charge < -0.3 is 19.2 Å². The van der Waals surface area contributed by atoms with Crippen LogP contribution in [0.2, 0.25) is 0 Å². The Morgan fingerprint density at radius 3 is 2.66 bits per heavy atom. The van der Waals surface area contributed by atoms with Crippen molar-refractivity contribution in [2.45, 2.75) is 30.1 Å². The summed E-state index contributed by atoms with van der Waals surface area (Å²) < 4.78 is 40.2. The number of sulfonamides is 1. The van der Waals surface area contributed by atoms with Crippen LogP contribution in [0.1, 0.15) is 24.8 Å². The molecule has 1 aromatic heterocycles. The molecule has 0 amide bonds. The second-order valence-corrected chi connectivity index (χ2v) is 9.71. The van der Waals surface area contributed by atoms with Crippen molar-refractivity contribution in [1.29, 1.82) is 0 Å². The highest BCUT2D eigenvalue weighted by Gasteiger charge is 2.29. The third-order valence-electron chi connectivity index (χ3n) is 4.58. The van der Waals surface area contributed by atoms with E-state index in [2.05, 4.69) is 20.7 Å². The van der Waals surface area contributed by atoms with Gasteiger partial charge in [-0.2, -0.15) is 4.72 Å². The van der Waals surface area contributed by atoms with E-state index in [0.717, 1.165) is 28.4 Å². The molecule has 9 heteroatoms. The molecule has 154 valence electrons. The van der Waals surface area contributed by atoms with Crippen LogP contribution in [0, 0.1) is 0 Å². The Bertz CT molecular complexity index is 1150. The molecule has 0 bridgehead atoms. The van der Waals surface area contributed by atoms with Gasteiger partial charge in [-0.15, -0.1) is 0 Å². The summed E-state index contributed by atoms with van der Waals surface area (Å²) in [7, 11) is -0.220. The molecule has 1 aliphatic rings. The topological polar surface area (TPSA) is 92.0 Å². The number of furan rings is 1. The fourth-order valence-electron chi connectivity index (χ4n) is 2.95. The molecule has 0 aliphatic heterocycles. The highest BCUT2D eigenvalue weighted by atomic mass is 79.9. The SMILES string of the molecule is CN(C)c1cc2oc(C(O)NS(=O)(=O)c3ccccc3OC3CC3)cc2cc1Br. The fourth-order valence-corrected chi connectivity index (χ4v) is 4.84. The molecular weight excluding hydrogens is 460 g/mol. The van der Waals surface area contributed by atoms with Crippen molar-refractivity contribution in [2.75, 3.05) is 19.0 Å². The van der Waals surface area contributed by atoms with E-state index in [1.807, 2.05) is 31.1 Å². The number of para-hydroxylation sites is 1. The summed E-state index contributed by atoms with van der Waals surface area (Å²) >= 11 is 3.51. The molecule has 3 aromatic rings. The lowest BCUT2D eigenvalue weighted by Crippen LogP contribution is -2.28. The number of halogens is 1. The lowest BCUT2D eigenvalue weighted by Gasteiger charge is -2.14. The quantitative estimate of drug-likeness (QED) is 0.500. The van der Waals surface area contributed by atoms with Gasteiger partial charge in [-0.05, 0) is 53.0 Å². The minimum absolute atomic E-state index is 0.0142. The average molecular weight is 481 g/mol. The lowest BCUT2D eigenvalue weighted by atomic mass is 10.2. The van der Waals surface area contributed by atoms with Gasteiger partial charge in [0.25, 0.3) is 0 Å². The molecule has 0 spiro atoms. The Morgan fingerprint density at radius 2 is 1.97 bits per heavy atom. The molecule has 0 radical (unpaired) electrons. The molecule has 1 saturated carbocycles. The molecule has 1 fully saturated rings. The van der Waals surface area contributed by atoms with Crippen molar-refractivity contribution < 1.29 is 22.7 Å². The molecule has 2 aromatic carbocycles. The number of aliphatic hydroxyl groups excluding tert-OH is 1. The van der Waals surface area contributed by atoms with E-state index in [9.17, 15) is 13.5 Å². The zero-order valence-electron chi connectivity index (χ0n) is 15.9. The predicted octanol–water partition coefficient (Wildman–Crippen LogP) is 3.77. The molecule has 1 heterocycles. The first-order valence-corrected chi connectivity index (χ1v) is 11.4. The smallest absolute Gasteiger partial charge is 0.246 e. The summed E-state index contributed by atoms with van der Waals surface area (Å²) in [5.41, 5.74) is 1.45. The van der Waals surface area contributed by atoms with E-state index in [4.69, 9.17) is 9.15 Å². The number of hydrogen-bond donors (Lipinski definition) is 2. The van der Waals surface area contributed by atoms with Crippen LogP contribution in [-0.4, -0.2) is 33.7 Å². The molecular formula is C20H21BrN2O5S. The molecule has 2 N–H and O–H groups in total. The lowest BCUT2D eigenvalue weighted by molar-refractivity contribution is 0.141. The number of nitrogens with one attached hydrogen (secondary N) is 1. The van der Waals surface area contributed by atoms with Crippen LogP contribution in [0.25, 0.3) is 11.0 Å². The third kappa shape index (κ3) is 4.28. The van der Waals surface area contributed by atoms with Gasteiger partial charge in [0, 0.05) is 30.0 Å². The van der Waals surface area contributed by atoms with Crippen LogP contribution in [-0.2, 0) is 10.0 Å². The number of hydrogen-bond acceptors (Lipinski definition) is 6. The van der Waals surface area contributed by atoms with Crippen molar-refractivity contribution >= 4 is 42.6 Å².